The fraction of sp³-hybridized carbons (Fsp3) is 0.375. The Hall–Kier alpha value is -1.23. The third-order valence-corrected chi connectivity index (χ3v) is 0.919. The maximum Gasteiger partial charge on any atom is 0.174 e. The standard InChI is InChI=1S/C8H11NO/c1-3-5-8(4-2)10-7-6-9/h3-5H,7H2,1-2H3/b5-3-,8-4+. The number of hydrogen-bond acceptors (Lipinski definition) is 2. The molecule has 0 N–H and O–H groups in total. The lowest BCUT2D eigenvalue weighted by Gasteiger charge is -1.98. The quantitative estimate of drug-likeness (QED) is 0.440. The molecular weight excluding hydrogens is 126 g/mol. The molecule has 10 heavy (non-hydrogen) atoms. The number of hydrogen-bond donors (Lipinski definition) is 0. The van der Waals surface area contributed by atoms with Crippen molar-refractivity contribution in [3.05, 3.63) is 24.0 Å². The van der Waals surface area contributed by atoms with Crippen LogP contribution in [-0.2, 0) is 4.74 Å². The first kappa shape index (κ1) is 8.77. The van der Waals surface area contributed by atoms with Crippen LogP contribution in [0.25, 0.3) is 0 Å². The first-order valence-electron chi connectivity index (χ1n) is 3.14. The summed E-state index contributed by atoms with van der Waals surface area (Å²) in [6.07, 6.45) is 5.50. The summed E-state index contributed by atoms with van der Waals surface area (Å²) in [5.74, 6) is 0.740. The van der Waals surface area contributed by atoms with Crippen LogP contribution in [0.3, 0.4) is 0 Å². The van der Waals surface area contributed by atoms with E-state index < -0.39 is 0 Å². The van der Waals surface area contributed by atoms with Gasteiger partial charge >= 0.3 is 0 Å². The average molecular weight is 137 g/mol. The van der Waals surface area contributed by atoms with E-state index in [1.54, 1.807) is 0 Å². The predicted molar refractivity (Wildman–Crippen MR) is 40.1 cm³/mol. The van der Waals surface area contributed by atoms with Gasteiger partial charge in [0.1, 0.15) is 11.8 Å². The summed E-state index contributed by atoms with van der Waals surface area (Å²) in [4.78, 5) is 0. The first-order chi connectivity index (χ1) is 4.85. The van der Waals surface area contributed by atoms with Crippen molar-refractivity contribution in [2.45, 2.75) is 13.8 Å². The minimum Gasteiger partial charge on any atom is -0.479 e. The fourth-order valence-corrected chi connectivity index (χ4v) is 0.508. The van der Waals surface area contributed by atoms with E-state index in [1.807, 2.05) is 38.1 Å². The lowest BCUT2D eigenvalue weighted by Crippen LogP contribution is -1.88. The molecule has 0 saturated carbocycles. The van der Waals surface area contributed by atoms with Gasteiger partial charge in [-0.25, -0.2) is 0 Å². The van der Waals surface area contributed by atoms with E-state index in [2.05, 4.69) is 0 Å². The molecule has 0 spiro atoms. The Morgan fingerprint density at radius 1 is 1.60 bits per heavy atom. The van der Waals surface area contributed by atoms with Crippen LogP contribution in [0.15, 0.2) is 24.0 Å². The van der Waals surface area contributed by atoms with E-state index in [0.717, 1.165) is 5.76 Å². The van der Waals surface area contributed by atoms with Crippen molar-refractivity contribution in [2.24, 2.45) is 0 Å². The van der Waals surface area contributed by atoms with Crippen molar-refractivity contribution in [1.82, 2.24) is 0 Å². The molecule has 0 atom stereocenters. The van der Waals surface area contributed by atoms with Crippen molar-refractivity contribution in [2.75, 3.05) is 6.61 Å². The molecule has 0 amide bonds. The Labute approximate surface area is 61.4 Å². The van der Waals surface area contributed by atoms with Gasteiger partial charge in [-0.15, -0.1) is 0 Å². The van der Waals surface area contributed by atoms with Crippen molar-refractivity contribution in [3.63, 3.8) is 0 Å². The lowest BCUT2D eigenvalue weighted by atomic mass is 10.4. The number of rotatable bonds is 3. The Morgan fingerprint density at radius 2 is 2.30 bits per heavy atom. The highest BCUT2D eigenvalue weighted by atomic mass is 16.5. The molecule has 0 aliphatic heterocycles. The van der Waals surface area contributed by atoms with E-state index in [-0.39, 0.29) is 6.61 Å². The third kappa shape index (κ3) is 3.73. The zero-order valence-electron chi connectivity index (χ0n) is 6.29. The van der Waals surface area contributed by atoms with Gasteiger partial charge in [0.15, 0.2) is 6.61 Å². The number of nitrogens with zero attached hydrogens (tertiary/aromatic N) is 1. The van der Waals surface area contributed by atoms with Gasteiger partial charge < -0.3 is 4.74 Å². The molecule has 2 nitrogen and oxygen atoms in total. The molecule has 0 aliphatic rings. The topological polar surface area (TPSA) is 33.0 Å². The fourth-order valence-electron chi connectivity index (χ4n) is 0.508. The van der Waals surface area contributed by atoms with Gasteiger partial charge in [-0.3, -0.25) is 0 Å². The zero-order chi connectivity index (χ0) is 7.82. The van der Waals surface area contributed by atoms with Gasteiger partial charge in [0.05, 0.1) is 0 Å². The molecule has 0 aliphatic carbocycles. The van der Waals surface area contributed by atoms with Crippen LogP contribution >= 0.6 is 0 Å². The second-order valence-corrected chi connectivity index (χ2v) is 1.64. The van der Waals surface area contributed by atoms with Crippen LogP contribution < -0.4 is 0 Å². The van der Waals surface area contributed by atoms with Gasteiger partial charge in [-0.1, -0.05) is 6.08 Å². The lowest BCUT2D eigenvalue weighted by molar-refractivity contribution is 0.265. The number of allylic oxidation sites excluding steroid dienone is 3. The smallest absolute Gasteiger partial charge is 0.174 e. The van der Waals surface area contributed by atoms with Crippen LogP contribution in [0.1, 0.15) is 13.8 Å². The summed E-state index contributed by atoms with van der Waals surface area (Å²) < 4.78 is 4.99. The third-order valence-electron chi connectivity index (χ3n) is 0.919. The zero-order valence-corrected chi connectivity index (χ0v) is 6.29. The predicted octanol–water partition coefficient (Wildman–Crippen LogP) is 2.01. The molecule has 0 fully saturated rings. The average Bonchev–Trinajstić information content (AvgIpc) is 1.98. The van der Waals surface area contributed by atoms with E-state index in [1.165, 1.54) is 0 Å². The van der Waals surface area contributed by atoms with E-state index in [0.29, 0.717) is 0 Å². The number of ether oxygens (including phenoxy) is 1. The van der Waals surface area contributed by atoms with Crippen molar-refractivity contribution in [1.29, 1.82) is 5.26 Å². The molecule has 0 aromatic rings. The van der Waals surface area contributed by atoms with Gasteiger partial charge in [-0.2, -0.15) is 5.26 Å². The van der Waals surface area contributed by atoms with Crippen LogP contribution in [-0.4, -0.2) is 6.61 Å². The van der Waals surface area contributed by atoms with Crippen LogP contribution in [0.2, 0.25) is 0 Å². The molecule has 54 valence electrons. The first-order valence-corrected chi connectivity index (χ1v) is 3.14. The Morgan fingerprint density at radius 3 is 2.70 bits per heavy atom. The minimum absolute atomic E-state index is 0.115. The molecule has 0 aromatic heterocycles. The summed E-state index contributed by atoms with van der Waals surface area (Å²) in [7, 11) is 0. The van der Waals surface area contributed by atoms with Gasteiger partial charge in [0, 0.05) is 0 Å². The van der Waals surface area contributed by atoms with Gasteiger partial charge in [0.2, 0.25) is 0 Å². The van der Waals surface area contributed by atoms with Crippen molar-refractivity contribution < 1.29 is 4.74 Å². The molecule has 0 radical (unpaired) electrons. The molecule has 2 heteroatoms. The van der Waals surface area contributed by atoms with Gasteiger partial charge in [-0.05, 0) is 26.0 Å². The highest BCUT2D eigenvalue weighted by molar-refractivity contribution is 5.10. The molecule has 0 unspecified atom stereocenters. The molecule has 0 bridgehead atoms. The molecule has 0 heterocycles. The Balaban J connectivity index is 3.76. The van der Waals surface area contributed by atoms with Crippen LogP contribution in [0.4, 0.5) is 0 Å². The number of nitriles is 1. The van der Waals surface area contributed by atoms with Gasteiger partial charge in [0.25, 0.3) is 0 Å². The maximum atomic E-state index is 8.15. The molecule has 0 aromatic carbocycles. The maximum absolute atomic E-state index is 8.15. The summed E-state index contributed by atoms with van der Waals surface area (Å²) in [6, 6.07) is 1.89. The molecule has 0 rings (SSSR count). The van der Waals surface area contributed by atoms with E-state index >= 15 is 0 Å². The normalized spacial score (nSPS) is 11.5. The Kier molecular flexibility index (Phi) is 5.17. The second kappa shape index (κ2) is 5.90. The highest BCUT2D eigenvalue weighted by Crippen LogP contribution is 1.97. The largest absolute Gasteiger partial charge is 0.479 e. The van der Waals surface area contributed by atoms with Crippen molar-refractivity contribution >= 4 is 0 Å². The monoisotopic (exact) mass is 137 g/mol. The minimum atomic E-state index is 0.115. The Bertz CT molecular complexity index is 174. The van der Waals surface area contributed by atoms with Crippen molar-refractivity contribution in [3.8, 4) is 6.07 Å². The van der Waals surface area contributed by atoms with Crippen LogP contribution in [0, 0.1) is 11.3 Å². The highest BCUT2D eigenvalue weighted by Gasteiger charge is 1.86. The second-order valence-electron chi connectivity index (χ2n) is 1.64. The SMILES string of the molecule is C/C=C\C(=C/C)OCC#N. The van der Waals surface area contributed by atoms with E-state index in [4.69, 9.17) is 10.00 Å². The van der Waals surface area contributed by atoms with E-state index in [9.17, 15) is 0 Å². The molecular formula is C8H11NO. The summed E-state index contributed by atoms with van der Waals surface area (Å²) in [5.41, 5.74) is 0. The summed E-state index contributed by atoms with van der Waals surface area (Å²) in [6.45, 7) is 3.88. The summed E-state index contributed by atoms with van der Waals surface area (Å²) in [5, 5.41) is 8.15. The summed E-state index contributed by atoms with van der Waals surface area (Å²) >= 11 is 0. The molecule has 0 saturated heterocycles. The van der Waals surface area contributed by atoms with Crippen LogP contribution in [0.5, 0.6) is 0 Å².